The van der Waals surface area contributed by atoms with E-state index < -0.39 is 0 Å². The van der Waals surface area contributed by atoms with E-state index in [1.54, 1.807) is 0 Å². The van der Waals surface area contributed by atoms with Gasteiger partial charge in [0.05, 0.1) is 0 Å². The van der Waals surface area contributed by atoms with Gasteiger partial charge < -0.3 is 0 Å². The van der Waals surface area contributed by atoms with E-state index in [1.807, 2.05) is 12.4 Å². The number of hydrogen-bond donors (Lipinski definition) is 0. The molecular weight excluding hydrogens is 328 g/mol. The van der Waals surface area contributed by atoms with Gasteiger partial charge in [-0.25, -0.2) is 9.97 Å². The SMILES string of the molecule is CCc1ncc(C2=CC(C)C=C(C3=CC(C)C=C(C(C)C)C=C3)C=C2)cn1. The Morgan fingerprint density at radius 1 is 0.778 bits per heavy atom. The topological polar surface area (TPSA) is 25.8 Å². The summed E-state index contributed by atoms with van der Waals surface area (Å²) < 4.78 is 0. The summed E-state index contributed by atoms with van der Waals surface area (Å²) >= 11 is 0. The van der Waals surface area contributed by atoms with E-state index in [1.165, 1.54) is 22.3 Å². The third-order valence-electron chi connectivity index (χ3n) is 5.04. The molecule has 2 aliphatic rings. The van der Waals surface area contributed by atoms with Gasteiger partial charge in [0.15, 0.2) is 0 Å². The van der Waals surface area contributed by atoms with E-state index in [4.69, 9.17) is 0 Å². The third-order valence-corrected chi connectivity index (χ3v) is 5.04. The molecule has 0 radical (unpaired) electrons. The maximum atomic E-state index is 4.45. The zero-order valence-electron chi connectivity index (χ0n) is 17.1. The first-order valence-corrected chi connectivity index (χ1v) is 10.0. The average molecular weight is 359 g/mol. The zero-order valence-corrected chi connectivity index (χ0v) is 17.1. The van der Waals surface area contributed by atoms with Crippen LogP contribution in [0.1, 0.15) is 46.0 Å². The predicted molar refractivity (Wildman–Crippen MR) is 115 cm³/mol. The van der Waals surface area contributed by atoms with Crippen molar-refractivity contribution in [2.75, 3.05) is 0 Å². The van der Waals surface area contributed by atoms with Crippen molar-refractivity contribution < 1.29 is 0 Å². The molecule has 1 aromatic rings. The molecule has 0 saturated heterocycles. The van der Waals surface area contributed by atoms with Crippen molar-refractivity contribution in [3.63, 3.8) is 0 Å². The monoisotopic (exact) mass is 358 g/mol. The molecule has 1 heterocycles. The highest BCUT2D eigenvalue weighted by Gasteiger charge is 2.12. The van der Waals surface area contributed by atoms with E-state index in [2.05, 4.69) is 93.2 Å². The van der Waals surface area contributed by atoms with Crippen molar-refractivity contribution in [2.24, 2.45) is 17.8 Å². The first-order chi connectivity index (χ1) is 13.0. The van der Waals surface area contributed by atoms with Crippen LogP contribution in [0.15, 0.2) is 77.7 Å². The standard InChI is InChI=1S/C25H30N2/c1-6-25-26-15-24(16-27-25)23-10-9-22(13-19(5)14-23)21-8-7-20(17(2)3)11-18(4)12-21/h7-19H,6H2,1-5H3. The first-order valence-electron chi connectivity index (χ1n) is 10.0. The normalized spacial score (nSPS) is 22.6. The van der Waals surface area contributed by atoms with Gasteiger partial charge in [-0.1, -0.05) is 83.2 Å². The van der Waals surface area contributed by atoms with Gasteiger partial charge in [0, 0.05) is 24.4 Å². The maximum absolute atomic E-state index is 4.45. The minimum absolute atomic E-state index is 0.348. The van der Waals surface area contributed by atoms with Gasteiger partial charge in [-0.05, 0) is 40.0 Å². The largest absolute Gasteiger partial charge is 0.241 e. The summed E-state index contributed by atoms with van der Waals surface area (Å²) in [5.74, 6) is 2.22. The van der Waals surface area contributed by atoms with E-state index in [-0.39, 0.29) is 0 Å². The number of rotatable bonds is 4. The van der Waals surface area contributed by atoms with Gasteiger partial charge in [0.2, 0.25) is 0 Å². The molecule has 0 N–H and O–H groups in total. The van der Waals surface area contributed by atoms with Crippen LogP contribution in [0.2, 0.25) is 0 Å². The van der Waals surface area contributed by atoms with E-state index in [0.29, 0.717) is 17.8 Å². The number of hydrogen-bond acceptors (Lipinski definition) is 2. The van der Waals surface area contributed by atoms with Crippen LogP contribution in [0.5, 0.6) is 0 Å². The van der Waals surface area contributed by atoms with Gasteiger partial charge in [-0.2, -0.15) is 0 Å². The maximum Gasteiger partial charge on any atom is 0.127 e. The van der Waals surface area contributed by atoms with Crippen LogP contribution >= 0.6 is 0 Å². The number of aromatic nitrogens is 2. The van der Waals surface area contributed by atoms with Crippen LogP contribution in [-0.4, -0.2) is 9.97 Å². The minimum atomic E-state index is 0.348. The Morgan fingerprint density at radius 2 is 1.30 bits per heavy atom. The fourth-order valence-corrected chi connectivity index (χ4v) is 3.49. The van der Waals surface area contributed by atoms with Crippen molar-refractivity contribution in [3.05, 3.63) is 89.1 Å². The Morgan fingerprint density at radius 3 is 1.89 bits per heavy atom. The van der Waals surface area contributed by atoms with Crippen molar-refractivity contribution in [3.8, 4) is 0 Å². The smallest absolute Gasteiger partial charge is 0.127 e. The molecule has 0 spiro atoms. The van der Waals surface area contributed by atoms with Crippen molar-refractivity contribution in [2.45, 2.75) is 41.0 Å². The summed E-state index contributed by atoms with van der Waals surface area (Å²) in [6.45, 7) is 11.1. The van der Waals surface area contributed by atoms with Crippen LogP contribution in [0.4, 0.5) is 0 Å². The summed E-state index contributed by atoms with van der Waals surface area (Å²) in [4.78, 5) is 8.90. The second-order valence-electron chi connectivity index (χ2n) is 7.81. The summed E-state index contributed by atoms with van der Waals surface area (Å²) in [6, 6.07) is 0. The van der Waals surface area contributed by atoms with Gasteiger partial charge in [-0.3, -0.25) is 0 Å². The van der Waals surface area contributed by atoms with Gasteiger partial charge >= 0.3 is 0 Å². The number of allylic oxidation sites excluding steroid dienone is 12. The minimum Gasteiger partial charge on any atom is -0.241 e. The van der Waals surface area contributed by atoms with Crippen molar-refractivity contribution in [1.82, 2.24) is 9.97 Å². The molecule has 2 aliphatic carbocycles. The Hall–Kier alpha value is -2.48. The van der Waals surface area contributed by atoms with E-state index in [0.717, 1.165) is 17.8 Å². The van der Waals surface area contributed by atoms with Gasteiger partial charge in [0.1, 0.15) is 5.82 Å². The Balaban J connectivity index is 1.86. The van der Waals surface area contributed by atoms with Crippen LogP contribution in [-0.2, 0) is 6.42 Å². The molecule has 0 fully saturated rings. The Labute approximate surface area is 163 Å². The molecule has 2 heteroatoms. The lowest BCUT2D eigenvalue weighted by molar-refractivity contribution is 0.773. The summed E-state index contributed by atoms with van der Waals surface area (Å²) in [6.07, 6.45) is 23.1. The molecule has 0 bridgehead atoms. The molecular formula is C25H30N2. The zero-order chi connectivity index (χ0) is 19.4. The van der Waals surface area contributed by atoms with Gasteiger partial charge in [-0.15, -0.1) is 0 Å². The summed E-state index contributed by atoms with van der Waals surface area (Å²) in [7, 11) is 0. The number of aryl methyl sites for hydroxylation is 1. The molecule has 0 aliphatic heterocycles. The average Bonchev–Trinajstić information content (AvgIpc) is 2.97. The molecule has 2 atom stereocenters. The molecule has 0 amide bonds. The fraction of sp³-hybridized carbons (Fsp3) is 0.360. The molecule has 0 aromatic carbocycles. The van der Waals surface area contributed by atoms with Crippen LogP contribution < -0.4 is 0 Å². The molecule has 140 valence electrons. The van der Waals surface area contributed by atoms with Crippen molar-refractivity contribution >= 4 is 5.57 Å². The third kappa shape index (κ3) is 4.82. The summed E-state index contributed by atoms with van der Waals surface area (Å²) in [5, 5.41) is 0. The van der Waals surface area contributed by atoms with Crippen LogP contribution in [0, 0.1) is 17.8 Å². The molecule has 0 saturated carbocycles. The highest BCUT2D eigenvalue weighted by molar-refractivity contribution is 5.75. The highest BCUT2D eigenvalue weighted by Crippen LogP contribution is 2.29. The predicted octanol–water partition coefficient (Wildman–Crippen LogP) is 6.27. The second-order valence-corrected chi connectivity index (χ2v) is 7.81. The molecule has 2 unspecified atom stereocenters. The first kappa shape index (κ1) is 19.3. The Kier molecular flexibility index (Phi) is 6.05. The number of nitrogens with zero attached hydrogens (tertiary/aromatic N) is 2. The summed E-state index contributed by atoms with van der Waals surface area (Å²) in [5.41, 5.74) is 6.24. The lowest BCUT2D eigenvalue weighted by Gasteiger charge is -2.07. The fourth-order valence-electron chi connectivity index (χ4n) is 3.49. The van der Waals surface area contributed by atoms with Gasteiger partial charge in [0.25, 0.3) is 0 Å². The molecule has 3 rings (SSSR count). The molecule has 27 heavy (non-hydrogen) atoms. The Bertz CT molecular complexity index is 858. The van der Waals surface area contributed by atoms with Crippen LogP contribution in [0.3, 0.4) is 0 Å². The van der Waals surface area contributed by atoms with Crippen LogP contribution in [0.25, 0.3) is 5.57 Å². The molecule has 1 aromatic heterocycles. The second kappa shape index (κ2) is 8.47. The van der Waals surface area contributed by atoms with E-state index in [9.17, 15) is 0 Å². The lowest BCUT2D eigenvalue weighted by atomic mass is 9.98. The van der Waals surface area contributed by atoms with E-state index >= 15 is 0 Å². The highest BCUT2D eigenvalue weighted by atomic mass is 14.9. The molecule has 2 nitrogen and oxygen atoms in total. The lowest BCUT2D eigenvalue weighted by Crippen LogP contribution is -1.94. The van der Waals surface area contributed by atoms with Crippen molar-refractivity contribution in [1.29, 1.82) is 0 Å². The quantitative estimate of drug-likeness (QED) is 0.634.